The van der Waals surface area contributed by atoms with E-state index in [4.69, 9.17) is 4.74 Å². The van der Waals surface area contributed by atoms with Crippen molar-refractivity contribution in [2.45, 2.75) is 6.42 Å². The number of hydrogen-bond acceptors (Lipinski definition) is 3. The summed E-state index contributed by atoms with van der Waals surface area (Å²) in [5, 5.41) is 8.25. The molecule has 0 saturated heterocycles. The molecule has 0 unspecified atom stereocenters. The predicted molar refractivity (Wildman–Crippen MR) is 96.9 cm³/mol. The molecular formula is C19H23N3O3. The van der Waals surface area contributed by atoms with E-state index in [9.17, 15) is 9.59 Å². The predicted octanol–water partition coefficient (Wildman–Crippen LogP) is 1.97. The first-order chi connectivity index (χ1) is 12.2. The molecule has 3 amide bonds. The Kier molecular flexibility index (Phi) is 7.31. The Hall–Kier alpha value is -3.02. The highest BCUT2D eigenvalue weighted by molar-refractivity contribution is 5.94. The fourth-order valence-electron chi connectivity index (χ4n) is 2.25. The van der Waals surface area contributed by atoms with Gasteiger partial charge in [-0.25, -0.2) is 4.79 Å². The van der Waals surface area contributed by atoms with Crippen LogP contribution in [0.15, 0.2) is 54.6 Å². The summed E-state index contributed by atoms with van der Waals surface area (Å²) >= 11 is 0. The number of ether oxygens (including phenoxy) is 1. The van der Waals surface area contributed by atoms with E-state index in [0.29, 0.717) is 30.9 Å². The zero-order valence-corrected chi connectivity index (χ0v) is 14.2. The Balaban J connectivity index is 1.60. The van der Waals surface area contributed by atoms with Crippen LogP contribution in [0.4, 0.5) is 4.79 Å². The molecule has 0 saturated carbocycles. The van der Waals surface area contributed by atoms with Gasteiger partial charge in [0, 0.05) is 25.2 Å². The quantitative estimate of drug-likeness (QED) is 0.642. The van der Waals surface area contributed by atoms with Crippen LogP contribution in [-0.4, -0.2) is 38.7 Å². The first kappa shape index (κ1) is 18.3. The van der Waals surface area contributed by atoms with Crippen LogP contribution in [0.5, 0.6) is 5.75 Å². The highest BCUT2D eigenvalue weighted by Gasteiger charge is 2.06. The molecule has 3 N–H and O–H groups in total. The Bertz CT molecular complexity index is 689. The van der Waals surface area contributed by atoms with Crippen molar-refractivity contribution in [1.29, 1.82) is 0 Å². The number of nitrogens with one attached hydrogen (secondary N) is 3. The number of benzene rings is 2. The van der Waals surface area contributed by atoms with Crippen LogP contribution in [0.2, 0.25) is 0 Å². The summed E-state index contributed by atoms with van der Waals surface area (Å²) < 4.78 is 5.09. The Labute approximate surface area is 147 Å². The number of rotatable bonds is 8. The van der Waals surface area contributed by atoms with Gasteiger partial charge in [-0.3, -0.25) is 4.79 Å². The molecule has 6 heteroatoms. The Morgan fingerprint density at radius 2 is 1.60 bits per heavy atom. The van der Waals surface area contributed by atoms with E-state index in [0.717, 1.165) is 6.42 Å². The zero-order chi connectivity index (χ0) is 17.9. The van der Waals surface area contributed by atoms with Gasteiger partial charge in [-0.15, -0.1) is 0 Å². The van der Waals surface area contributed by atoms with Crippen molar-refractivity contribution in [1.82, 2.24) is 16.0 Å². The van der Waals surface area contributed by atoms with Crippen molar-refractivity contribution in [3.05, 3.63) is 65.7 Å². The van der Waals surface area contributed by atoms with Crippen molar-refractivity contribution < 1.29 is 14.3 Å². The van der Waals surface area contributed by atoms with E-state index in [1.165, 1.54) is 5.56 Å². The molecule has 0 spiro atoms. The van der Waals surface area contributed by atoms with Crippen LogP contribution in [0, 0.1) is 0 Å². The van der Waals surface area contributed by atoms with Crippen molar-refractivity contribution in [3.8, 4) is 5.75 Å². The number of methoxy groups -OCH3 is 1. The largest absolute Gasteiger partial charge is 0.497 e. The number of carbonyl (C=O) groups excluding carboxylic acids is 2. The lowest BCUT2D eigenvalue weighted by Gasteiger charge is -2.09. The molecule has 2 aromatic rings. The van der Waals surface area contributed by atoms with Gasteiger partial charge >= 0.3 is 6.03 Å². The topological polar surface area (TPSA) is 79.5 Å². The van der Waals surface area contributed by atoms with Gasteiger partial charge in [0.25, 0.3) is 5.91 Å². The summed E-state index contributed by atoms with van der Waals surface area (Å²) in [5.41, 5.74) is 1.69. The molecule has 0 aliphatic heterocycles. The molecule has 2 rings (SSSR count). The van der Waals surface area contributed by atoms with Crippen LogP contribution < -0.4 is 20.7 Å². The third kappa shape index (κ3) is 6.55. The minimum absolute atomic E-state index is 0.204. The number of carbonyl (C=O) groups is 2. The Morgan fingerprint density at radius 1 is 0.880 bits per heavy atom. The molecule has 25 heavy (non-hydrogen) atoms. The summed E-state index contributed by atoms with van der Waals surface area (Å²) in [7, 11) is 1.55. The highest BCUT2D eigenvalue weighted by atomic mass is 16.5. The summed E-state index contributed by atoms with van der Waals surface area (Å²) in [4.78, 5) is 23.7. The normalized spacial score (nSPS) is 9.96. The van der Waals surface area contributed by atoms with Crippen LogP contribution in [0.25, 0.3) is 0 Å². The molecule has 0 fully saturated rings. The van der Waals surface area contributed by atoms with Gasteiger partial charge in [0.05, 0.1) is 7.11 Å². The van der Waals surface area contributed by atoms with Crippen LogP contribution in [-0.2, 0) is 6.42 Å². The molecule has 0 atom stereocenters. The van der Waals surface area contributed by atoms with Gasteiger partial charge < -0.3 is 20.7 Å². The maximum Gasteiger partial charge on any atom is 0.314 e. The van der Waals surface area contributed by atoms with Crippen LogP contribution in [0.1, 0.15) is 15.9 Å². The smallest absolute Gasteiger partial charge is 0.314 e. The average Bonchev–Trinajstić information content (AvgIpc) is 2.66. The second-order valence-corrected chi connectivity index (χ2v) is 5.41. The lowest BCUT2D eigenvalue weighted by atomic mass is 10.1. The molecular weight excluding hydrogens is 318 g/mol. The fourth-order valence-corrected chi connectivity index (χ4v) is 2.25. The van der Waals surface area contributed by atoms with Gasteiger partial charge in [-0.2, -0.15) is 0 Å². The van der Waals surface area contributed by atoms with Crippen molar-refractivity contribution in [2.75, 3.05) is 26.7 Å². The fraction of sp³-hybridized carbons (Fsp3) is 0.263. The van der Waals surface area contributed by atoms with Gasteiger partial charge in [0.1, 0.15) is 5.75 Å². The zero-order valence-electron chi connectivity index (χ0n) is 14.2. The van der Waals surface area contributed by atoms with E-state index in [2.05, 4.69) is 16.0 Å². The third-order valence-electron chi connectivity index (χ3n) is 3.57. The summed E-state index contributed by atoms with van der Waals surface area (Å²) in [5.74, 6) is 0.425. The van der Waals surface area contributed by atoms with Gasteiger partial charge in [0.15, 0.2) is 0 Å². The SMILES string of the molecule is COc1cccc(C(=O)NCCNC(=O)NCCc2ccccc2)c1. The first-order valence-electron chi connectivity index (χ1n) is 8.17. The third-order valence-corrected chi connectivity index (χ3v) is 3.57. The monoisotopic (exact) mass is 341 g/mol. The van der Waals surface area contributed by atoms with E-state index < -0.39 is 0 Å². The Morgan fingerprint density at radius 3 is 2.36 bits per heavy atom. The van der Waals surface area contributed by atoms with E-state index in [-0.39, 0.29) is 11.9 Å². The summed E-state index contributed by atoms with van der Waals surface area (Å²) in [6, 6.07) is 16.6. The van der Waals surface area contributed by atoms with Gasteiger partial charge in [-0.1, -0.05) is 36.4 Å². The standard InChI is InChI=1S/C19H23N3O3/c1-25-17-9-5-8-16(14-17)18(23)20-12-13-22-19(24)21-11-10-15-6-3-2-4-7-15/h2-9,14H,10-13H2,1H3,(H,20,23)(H2,21,22,24). The van der Waals surface area contributed by atoms with Crippen molar-refractivity contribution in [2.24, 2.45) is 0 Å². The highest BCUT2D eigenvalue weighted by Crippen LogP contribution is 2.12. The molecule has 0 aliphatic rings. The minimum Gasteiger partial charge on any atom is -0.497 e. The first-order valence-corrected chi connectivity index (χ1v) is 8.17. The van der Waals surface area contributed by atoms with E-state index in [1.54, 1.807) is 31.4 Å². The minimum atomic E-state index is -0.244. The maximum absolute atomic E-state index is 12.0. The lowest BCUT2D eigenvalue weighted by molar-refractivity contribution is 0.0953. The summed E-state index contributed by atoms with van der Waals surface area (Å²) in [6.45, 7) is 1.26. The average molecular weight is 341 g/mol. The lowest BCUT2D eigenvalue weighted by Crippen LogP contribution is -2.40. The van der Waals surface area contributed by atoms with Crippen molar-refractivity contribution >= 4 is 11.9 Å². The molecule has 0 heterocycles. The molecule has 6 nitrogen and oxygen atoms in total. The second-order valence-electron chi connectivity index (χ2n) is 5.41. The molecule has 2 aromatic carbocycles. The van der Waals surface area contributed by atoms with E-state index >= 15 is 0 Å². The van der Waals surface area contributed by atoms with E-state index in [1.807, 2.05) is 30.3 Å². The molecule has 0 aromatic heterocycles. The van der Waals surface area contributed by atoms with Gasteiger partial charge in [0.2, 0.25) is 0 Å². The number of amides is 3. The van der Waals surface area contributed by atoms with Gasteiger partial charge in [-0.05, 0) is 30.2 Å². The summed E-state index contributed by atoms with van der Waals surface area (Å²) in [6.07, 6.45) is 0.779. The van der Waals surface area contributed by atoms with Crippen LogP contribution >= 0.6 is 0 Å². The molecule has 0 radical (unpaired) electrons. The molecule has 0 bridgehead atoms. The second kappa shape index (κ2) is 9.97. The number of urea groups is 1. The maximum atomic E-state index is 12.0. The molecule has 0 aliphatic carbocycles. The van der Waals surface area contributed by atoms with Crippen LogP contribution in [0.3, 0.4) is 0 Å². The molecule has 132 valence electrons. The van der Waals surface area contributed by atoms with Crippen molar-refractivity contribution in [3.63, 3.8) is 0 Å². The number of hydrogen-bond donors (Lipinski definition) is 3.